The minimum Gasteiger partial charge on any atom is -0.377 e. The van der Waals surface area contributed by atoms with Crippen LogP contribution in [0.5, 0.6) is 0 Å². The third kappa shape index (κ3) is 2.17. The van der Waals surface area contributed by atoms with Gasteiger partial charge in [-0.25, -0.2) is 0 Å². The van der Waals surface area contributed by atoms with E-state index in [2.05, 4.69) is 24.4 Å². The molecule has 1 aliphatic carbocycles. The summed E-state index contributed by atoms with van der Waals surface area (Å²) in [5.74, 6) is 0.0825. The van der Waals surface area contributed by atoms with Gasteiger partial charge in [0.1, 0.15) is 5.54 Å². The van der Waals surface area contributed by atoms with Crippen LogP contribution in [0.25, 0.3) is 0 Å². The lowest BCUT2D eigenvalue weighted by Gasteiger charge is -2.65. The molecule has 3 unspecified atom stereocenters. The Hall–Kier alpha value is -1.39. The zero-order valence-electron chi connectivity index (χ0n) is 13.7. The lowest BCUT2D eigenvalue weighted by Crippen LogP contribution is -2.82. The van der Waals surface area contributed by atoms with Crippen LogP contribution in [-0.2, 0) is 16.1 Å². The van der Waals surface area contributed by atoms with Crippen LogP contribution in [0.4, 0.5) is 0 Å². The zero-order chi connectivity index (χ0) is 16.0. The summed E-state index contributed by atoms with van der Waals surface area (Å²) in [6, 6.07) is 8.18. The van der Waals surface area contributed by atoms with Crippen LogP contribution in [0.3, 0.4) is 0 Å². The molecule has 4 nitrogen and oxygen atoms in total. The summed E-state index contributed by atoms with van der Waals surface area (Å²) in [4.78, 5) is 12.8. The smallest absolute Gasteiger partial charge is 0.241 e. The summed E-state index contributed by atoms with van der Waals surface area (Å²) in [5, 5.41) is 3.03. The first kappa shape index (κ1) is 15.5. The maximum Gasteiger partial charge on any atom is 0.241 e. The normalized spacial score (nSPS) is 32.7. The highest BCUT2D eigenvalue weighted by molar-refractivity contribution is 5.89. The molecule has 2 fully saturated rings. The third-order valence-corrected chi connectivity index (χ3v) is 5.63. The van der Waals surface area contributed by atoms with Crippen LogP contribution in [0, 0.1) is 18.3 Å². The number of benzene rings is 1. The summed E-state index contributed by atoms with van der Waals surface area (Å²) in [6.45, 7) is 7.45. The Balaban J connectivity index is 1.69. The fourth-order valence-corrected chi connectivity index (χ4v) is 4.07. The summed E-state index contributed by atoms with van der Waals surface area (Å²) >= 11 is 0. The molecule has 0 radical (unpaired) electrons. The van der Waals surface area contributed by atoms with E-state index < -0.39 is 5.54 Å². The van der Waals surface area contributed by atoms with Gasteiger partial charge in [-0.1, -0.05) is 43.7 Å². The van der Waals surface area contributed by atoms with Crippen LogP contribution in [0.1, 0.15) is 37.8 Å². The average molecular weight is 302 g/mol. The van der Waals surface area contributed by atoms with Gasteiger partial charge >= 0.3 is 0 Å². The maximum absolute atomic E-state index is 12.8. The molecule has 120 valence electrons. The standard InChI is InChI=1S/C18H26N2O2/c1-12-6-8-13(9-7-12)11-20-16(21)18(19)14-5-4-10-22-15(14)17(18,2)3/h6-9,14-15H,4-5,10-11,19H2,1-3H3,(H,20,21). The average Bonchev–Trinajstić information content (AvgIpc) is 2.53. The van der Waals surface area contributed by atoms with Gasteiger partial charge < -0.3 is 15.8 Å². The topological polar surface area (TPSA) is 64.4 Å². The Labute approximate surface area is 132 Å². The van der Waals surface area contributed by atoms with E-state index in [0.29, 0.717) is 6.54 Å². The van der Waals surface area contributed by atoms with Crippen LogP contribution in [0.15, 0.2) is 24.3 Å². The lowest BCUT2D eigenvalue weighted by atomic mass is 9.46. The molecule has 3 atom stereocenters. The van der Waals surface area contributed by atoms with Crippen molar-refractivity contribution in [1.29, 1.82) is 0 Å². The minimum absolute atomic E-state index is 0.0511. The highest BCUT2D eigenvalue weighted by atomic mass is 16.5. The maximum atomic E-state index is 12.8. The van der Waals surface area contributed by atoms with E-state index in [1.807, 2.05) is 26.0 Å². The van der Waals surface area contributed by atoms with Gasteiger partial charge in [0.2, 0.25) is 5.91 Å². The van der Waals surface area contributed by atoms with Crippen molar-refractivity contribution in [2.24, 2.45) is 17.1 Å². The second-order valence-electron chi connectivity index (χ2n) is 7.30. The molecular weight excluding hydrogens is 276 g/mol. The Kier molecular flexibility index (Phi) is 3.77. The van der Waals surface area contributed by atoms with E-state index in [1.54, 1.807) is 0 Å². The predicted octanol–water partition coefficient (Wildman–Crippen LogP) is 2.14. The highest BCUT2D eigenvalue weighted by Gasteiger charge is 2.70. The highest BCUT2D eigenvalue weighted by Crippen LogP contribution is 2.57. The molecule has 1 heterocycles. The van der Waals surface area contributed by atoms with E-state index >= 15 is 0 Å². The molecular formula is C18H26N2O2. The van der Waals surface area contributed by atoms with Gasteiger partial charge in [-0.05, 0) is 25.3 Å². The van der Waals surface area contributed by atoms with Crippen molar-refractivity contribution in [2.75, 3.05) is 6.61 Å². The van der Waals surface area contributed by atoms with E-state index in [1.165, 1.54) is 5.56 Å². The summed E-state index contributed by atoms with van der Waals surface area (Å²) in [5.41, 5.74) is 7.73. The SMILES string of the molecule is Cc1ccc(CNC(=O)C2(N)C3CCCOC3C2(C)C)cc1. The molecule has 3 rings (SSSR count). The molecule has 1 aromatic rings. The van der Waals surface area contributed by atoms with E-state index in [0.717, 1.165) is 25.0 Å². The summed E-state index contributed by atoms with van der Waals surface area (Å²) in [6.07, 6.45) is 2.07. The molecule has 3 N–H and O–H groups in total. The van der Waals surface area contributed by atoms with Gasteiger partial charge in [0.05, 0.1) is 6.10 Å². The number of rotatable bonds is 3. The first-order valence-corrected chi connectivity index (χ1v) is 8.11. The van der Waals surface area contributed by atoms with Gasteiger partial charge in [-0.3, -0.25) is 4.79 Å². The summed E-state index contributed by atoms with van der Waals surface area (Å²) in [7, 11) is 0. The predicted molar refractivity (Wildman–Crippen MR) is 86.2 cm³/mol. The van der Waals surface area contributed by atoms with Gasteiger partial charge in [-0.15, -0.1) is 0 Å². The van der Waals surface area contributed by atoms with E-state index in [9.17, 15) is 4.79 Å². The molecule has 0 spiro atoms. The first-order valence-electron chi connectivity index (χ1n) is 8.11. The largest absolute Gasteiger partial charge is 0.377 e. The molecule has 2 aliphatic rings. The number of carbonyl (C=O) groups is 1. The fourth-order valence-electron chi connectivity index (χ4n) is 4.07. The van der Waals surface area contributed by atoms with Gasteiger partial charge in [0, 0.05) is 24.5 Å². The van der Waals surface area contributed by atoms with Crippen molar-refractivity contribution in [3.63, 3.8) is 0 Å². The zero-order valence-corrected chi connectivity index (χ0v) is 13.7. The molecule has 1 amide bonds. The molecule has 1 saturated carbocycles. The van der Waals surface area contributed by atoms with Gasteiger partial charge in [0.15, 0.2) is 0 Å². The Bertz CT molecular complexity index is 567. The Morgan fingerprint density at radius 1 is 1.36 bits per heavy atom. The second kappa shape index (κ2) is 5.36. The monoisotopic (exact) mass is 302 g/mol. The molecule has 1 aromatic carbocycles. The number of carbonyl (C=O) groups excluding carboxylic acids is 1. The first-order chi connectivity index (χ1) is 10.4. The second-order valence-corrected chi connectivity index (χ2v) is 7.30. The molecule has 4 heteroatoms. The molecule has 1 aliphatic heterocycles. The van der Waals surface area contributed by atoms with Crippen LogP contribution < -0.4 is 11.1 Å². The number of ether oxygens (including phenoxy) is 1. The number of aryl methyl sites for hydroxylation is 1. The summed E-state index contributed by atoms with van der Waals surface area (Å²) < 4.78 is 5.85. The van der Waals surface area contributed by atoms with Crippen molar-refractivity contribution in [1.82, 2.24) is 5.32 Å². The van der Waals surface area contributed by atoms with E-state index in [-0.39, 0.29) is 23.3 Å². The van der Waals surface area contributed by atoms with Crippen molar-refractivity contribution in [3.8, 4) is 0 Å². The van der Waals surface area contributed by atoms with Crippen LogP contribution in [0.2, 0.25) is 0 Å². The number of hydrogen-bond donors (Lipinski definition) is 2. The quantitative estimate of drug-likeness (QED) is 0.899. The van der Waals surface area contributed by atoms with Crippen molar-refractivity contribution in [3.05, 3.63) is 35.4 Å². The number of nitrogens with two attached hydrogens (primary N) is 1. The number of hydrogen-bond acceptors (Lipinski definition) is 3. The van der Waals surface area contributed by atoms with Crippen LogP contribution in [-0.4, -0.2) is 24.2 Å². The van der Waals surface area contributed by atoms with Crippen molar-refractivity contribution < 1.29 is 9.53 Å². The number of nitrogens with one attached hydrogen (secondary N) is 1. The number of amides is 1. The van der Waals surface area contributed by atoms with Crippen molar-refractivity contribution in [2.45, 2.75) is 51.8 Å². The van der Waals surface area contributed by atoms with Crippen molar-refractivity contribution >= 4 is 5.91 Å². The third-order valence-electron chi connectivity index (χ3n) is 5.63. The minimum atomic E-state index is -0.831. The lowest BCUT2D eigenvalue weighted by molar-refractivity contribution is -0.225. The van der Waals surface area contributed by atoms with Gasteiger partial charge in [-0.2, -0.15) is 0 Å². The molecule has 22 heavy (non-hydrogen) atoms. The molecule has 1 saturated heterocycles. The Morgan fingerprint density at radius 3 is 2.73 bits per heavy atom. The fraction of sp³-hybridized carbons (Fsp3) is 0.611. The van der Waals surface area contributed by atoms with Gasteiger partial charge in [0.25, 0.3) is 0 Å². The molecule has 0 bridgehead atoms. The Morgan fingerprint density at radius 2 is 2.05 bits per heavy atom. The van der Waals surface area contributed by atoms with Crippen LogP contribution >= 0.6 is 0 Å². The van der Waals surface area contributed by atoms with E-state index in [4.69, 9.17) is 10.5 Å². The number of fused-ring (bicyclic) bond motifs is 1. The molecule has 0 aromatic heterocycles.